The van der Waals surface area contributed by atoms with Crippen LogP contribution in [0.3, 0.4) is 0 Å². The Hall–Kier alpha value is -3.63. The normalized spacial score (nSPS) is 17.8. The van der Waals surface area contributed by atoms with Crippen molar-refractivity contribution in [1.29, 1.82) is 0 Å². The fraction of sp³-hybridized carbons (Fsp3) is 0.310. The van der Waals surface area contributed by atoms with E-state index in [4.69, 9.17) is 0 Å². The maximum Gasteiger partial charge on any atom is 0.256 e. The van der Waals surface area contributed by atoms with Crippen LogP contribution in [0.4, 0.5) is 14.5 Å². The number of H-pyrrole nitrogens is 1. The number of ketones is 1. The first kappa shape index (κ1) is 27.0. The molecule has 5 rings (SSSR count). The van der Waals surface area contributed by atoms with Gasteiger partial charge in [-0.15, -0.1) is 0 Å². The van der Waals surface area contributed by atoms with Crippen LogP contribution in [0.15, 0.2) is 36.4 Å². The van der Waals surface area contributed by atoms with Gasteiger partial charge in [0.1, 0.15) is 11.6 Å². The molecule has 2 aliphatic rings. The molecule has 0 unspecified atom stereocenters. The van der Waals surface area contributed by atoms with Gasteiger partial charge in [-0.3, -0.25) is 9.59 Å². The highest BCUT2D eigenvalue weighted by Crippen LogP contribution is 2.42. The molecule has 39 heavy (non-hydrogen) atoms. The topological polar surface area (TPSA) is 99.3 Å². The van der Waals surface area contributed by atoms with Crippen LogP contribution in [0.5, 0.6) is 0 Å². The van der Waals surface area contributed by atoms with Gasteiger partial charge in [-0.05, 0) is 62.2 Å². The number of Topliss-reactive ketones (excluding diaryl/α,β-unsaturated/α-hetero) is 1. The summed E-state index contributed by atoms with van der Waals surface area (Å²) in [6, 6.07) is 8.53. The van der Waals surface area contributed by atoms with Gasteiger partial charge in [0.05, 0.1) is 22.6 Å². The first-order chi connectivity index (χ1) is 18.6. The quantitative estimate of drug-likeness (QED) is 0.325. The van der Waals surface area contributed by atoms with Crippen molar-refractivity contribution in [2.45, 2.75) is 26.7 Å². The van der Waals surface area contributed by atoms with Crippen LogP contribution >= 0.6 is 0 Å². The number of hydrogen-bond acceptors (Lipinski definition) is 5. The van der Waals surface area contributed by atoms with E-state index in [0.29, 0.717) is 66.2 Å². The Balaban J connectivity index is 1.40. The number of aromatic nitrogens is 1. The number of nitrogens with one attached hydrogen (secondary N) is 2. The minimum absolute atomic E-state index is 0.0408. The van der Waals surface area contributed by atoms with E-state index in [9.17, 15) is 26.8 Å². The van der Waals surface area contributed by atoms with E-state index in [2.05, 4.69) is 15.2 Å². The first-order valence-electron chi connectivity index (χ1n) is 12.8. The molecule has 2 aliphatic heterocycles. The van der Waals surface area contributed by atoms with Gasteiger partial charge in [-0.25, -0.2) is 17.2 Å². The van der Waals surface area contributed by atoms with Crippen LogP contribution < -0.4 is 5.32 Å². The third-order valence-electron chi connectivity index (χ3n) is 7.42. The Morgan fingerprint density at radius 3 is 2.38 bits per heavy atom. The molecule has 10 heteroatoms. The van der Waals surface area contributed by atoms with Crippen LogP contribution in [0.25, 0.3) is 22.8 Å². The molecule has 0 aliphatic carbocycles. The smallest absolute Gasteiger partial charge is 0.256 e. The monoisotopic (exact) mass is 553 g/mol. The second kappa shape index (κ2) is 10.5. The van der Waals surface area contributed by atoms with Gasteiger partial charge in [0.25, 0.3) is 5.91 Å². The molecule has 0 bridgehead atoms. The summed E-state index contributed by atoms with van der Waals surface area (Å²) in [6.45, 7) is 5.21. The predicted molar refractivity (Wildman–Crippen MR) is 147 cm³/mol. The van der Waals surface area contributed by atoms with Crippen LogP contribution in [0, 0.1) is 25.5 Å². The first-order valence-corrected chi connectivity index (χ1v) is 14.6. The standard InChI is InChI=1S/C29H29F2N3O4S/c1-17-24(32-18(2)26(17)25(35)10-5-11-34-12-14-39(37,38)15-13-34)16-20-27-19(6-3-9-23(27)33-29(20)36)28-21(30)7-4-8-22(28)31/h3-4,6-9,16,32H,5,10-15H2,1-2H3,(H,33,36). The molecule has 0 spiro atoms. The number of aromatic amines is 1. The van der Waals surface area contributed by atoms with Crippen molar-refractivity contribution in [2.24, 2.45) is 0 Å². The van der Waals surface area contributed by atoms with E-state index < -0.39 is 27.4 Å². The molecule has 0 atom stereocenters. The van der Waals surface area contributed by atoms with Crippen molar-refractivity contribution >= 4 is 38.9 Å². The average Bonchev–Trinajstić information content (AvgIpc) is 3.35. The molecule has 0 radical (unpaired) electrons. The number of sulfone groups is 1. The van der Waals surface area contributed by atoms with Gasteiger partial charge < -0.3 is 15.2 Å². The zero-order valence-corrected chi connectivity index (χ0v) is 22.6. The van der Waals surface area contributed by atoms with Crippen molar-refractivity contribution in [3.8, 4) is 11.1 Å². The summed E-state index contributed by atoms with van der Waals surface area (Å²) < 4.78 is 52.6. The number of carbonyl (C=O) groups excluding carboxylic acids is 2. The number of nitrogens with zero attached hydrogens (tertiary/aromatic N) is 1. The van der Waals surface area contributed by atoms with Crippen LogP contribution in [-0.2, 0) is 14.6 Å². The average molecular weight is 554 g/mol. The van der Waals surface area contributed by atoms with E-state index in [-0.39, 0.29) is 34.0 Å². The van der Waals surface area contributed by atoms with Gasteiger partial charge in [-0.2, -0.15) is 0 Å². The molecular weight excluding hydrogens is 524 g/mol. The molecule has 1 saturated heterocycles. The van der Waals surface area contributed by atoms with E-state index in [1.807, 2.05) is 0 Å². The molecular formula is C29H29F2N3O4S. The predicted octanol–water partition coefficient (Wildman–Crippen LogP) is 4.76. The number of carbonyl (C=O) groups is 2. The number of hydrogen-bond donors (Lipinski definition) is 2. The third-order valence-corrected chi connectivity index (χ3v) is 9.03. The Bertz CT molecular complexity index is 1590. The number of rotatable bonds is 7. The number of amides is 1. The van der Waals surface area contributed by atoms with Crippen molar-refractivity contribution in [3.05, 3.63) is 76.1 Å². The Morgan fingerprint density at radius 1 is 1.03 bits per heavy atom. The number of fused-ring (bicyclic) bond motifs is 1. The van der Waals surface area contributed by atoms with Crippen molar-refractivity contribution < 1.29 is 26.8 Å². The van der Waals surface area contributed by atoms with Gasteiger partial charge in [0.15, 0.2) is 15.6 Å². The number of aryl methyl sites for hydroxylation is 1. The fourth-order valence-corrected chi connectivity index (χ4v) is 6.67. The highest BCUT2D eigenvalue weighted by atomic mass is 32.2. The minimum Gasteiger partial charge on any atom is -0.358 e. The zero-order chi connectivity index (χ0) is 27.9. The Labute approximate surface area is 225 Å². The summed E-state index contributed by atoms with van der Waals surface area (Å²) in [6.07, 6.45) is 2.53. The number of halogens is 2. The van der Waals surface area contributed by atoms with E-state index in [0.717, 1.165) is 0 Å². The lowest BCUT2D eigenvalue weighted by Gasteiger charge is -2.26. The van der Waals surface area contributed by atoms with Gasteiger partial charge in [-0.1, -0.05) is 18.2 Å². The molecule has 1 aromatic heterocycles. The summed E-state index contributed by atoms with van der Waals surface area (Å²) in [4.78, 5) is 31.4. The van der Waals surface area contributed by atoms with Crippen LogP contribution in [-0.4, -0.2) is 61.1 Å². The van der Waals surface area contributed by atoms with Gasteiger partial charge >= 0.3 is 0 Å². The molecule has 204 valence electrons. The number of anilines is 1. The molecule has 7 nitrogen and oxygen atoms in total. The maximum absolute atomic E-state index is 14.7. The largest absolute Gasteiger partial charge is 0.358 e. The molecule has 3 aromatic rings. The molecule has 2 aromatic carbocycles. The van der Waals surface area contributed by atoms with Gasteiger partial charge in [0, 0.05) is 47.7 Å². The van der Waals surface area contributed by atoms with Gasteiger partial charge in [0.2, 0.25) is 0 Å². The SMILES string of the molecule is Cc1[nH]c(C=C2C(=O)Nc3cccc(-c4c(F)cccc4F)c32)c(C)c1C(=O)CCCN1CCS(=O)(=O)CC1. The van der Waals surface area contributed by atoms with Crippen LogP contribution in [0.1, 0.15) is 45.7 Å². The van der Waals surface area contributed by atoms with E-state index in [1.54, 1.807) is 38.1 Å². The molecule has 1 amide bonds. The summed E-state index contributed by atoms with van der Waals surface area (Å²) >= 11 is 0. The molecule has 1 fully saturated rings. The Morgan fingerprint density at radius 2 is 1.69 bits per heavy atom. The maximum atomic E-state index is 14.7. The number of benzene rings is 2. The minimum atomic E-state index is -2.95. The zero-order valence-electron chi connectivity index (χ0n) is 21.7. The summed E-state index contributed by atoms with van der Waals surface area (Å²) in [5.74, 6) is -1.60. The van der Waals surface area contributed by atoms with E-state index >= 15 is 0 Å². The highest BCUT2D eigenvalue weighted by Gasteiger charge is 2.30. The lowest BCUT2D eigenvalue weighted by molar-refractivity contribution is -0.110. The molecule has 3 heterocycles. The summed E-state index contributed by atoms with van der Waals surface area (Å²) in [7, 11) is -2.95. The summed E-state index contributed by atoms with van der Waals surface area (Å²) in [5, 5.41) is 2.77. The highest BCUT2D eigenvalue weighted by molar-refractivity contribution is 7.91. The second-order valence-corrected chi connectivity index (χ2v) is 12.3. The van der Waals surface area contributed by atoms with Crippen molar-refractivity contribution in [2.75, 3.05) is 36.5 Å². The molecule has 2 N–H and O–H groups in total. The third kappa shape index (κ3) is 5.31. The van der Waals surface area contributed by atoms with Crippen molar-refractivity contribution in [3.63, 3.8) is 0 Å². The van der Waals surface area contributed by atoms with Crippen molar-refractivity contribution in [1.82, 2.24) is 9.88 Å². The second-order valence-electron chi connectivity index (χ2n) is 10.0. The summed E-state index contributed by atoms with van der Waals surface area (Å²) in [5.41, 5.74) is 3.61. The Kier molecular flexibility index (Phi) is 7.26. The molecule has 0 saturated carbocycles. The van der Waals surface area contributed by atoms with Crippen LogP contribution in [0.2, 0.25) is 0 Å². The lowest BCUT2D eigenvalue weighted by atomic mass is 9.93. The fourth-order valence-electron chi connectivity index (χ4n) is 5.39. The van der Waals surface area contributed by atoms with E-state index in [1.165, 1.54) is 18.2 Å². The lowest BCUT2D eigenvalue weighted by Crippen LogP contribution is -2.40.